The molecule has 0 saturated carbocycles. The fourth-order valence-electron chi connectivity index (χ4n) is 2.55. The molecule has 20 heavy (non-hydrogen) atoms. The van der Waals surface area contributed by atoms with Crippen LogP contribution in [0.25, 0.3) is 10.2 Å². The van der Waals surface area contributed by atoms with Crippen molar-refractivity contribution in [1.82, 2.24) is 9.78 Å². The van der Waals surface area contributed by atoms with Crippen LogP contribution >= 0.6 is 11.3 Å². The fourth-order valence-corrected chi connectivity index (χ4v) is 3.68. The van der Waals surface area contributed by atoms with Gasteiger partial charge in [0.2, 0.25) is 0 Å². The molecule has 0 radical (unpaired) electrons. The molecule has 0 amide bonds. The number of hydrogen-bond donors (Lipinski definition) is 0. The molecule has 0 N–H and O–H groups in total. The fraction of sp³-hybridized carbons (Fsp3) is 0.571. The zero-order valence-corrected chi connectivity index (χ0v) is 12.5. The predicted molar refractivity (Wildman–Crippen MR) is 77.4 cm³/mol. The molecule has 5 nitrogen and oxygen atoms in total. The second-order valence-electron chi connectivity index (χ2n) is 4.92. The Morgan fingerprint density at radius 3 is 3.00 bits per heavy atom. The van der Waals surface area contributed by atoms with Crippen LogP contribution in [0.5, 0.6) is 0 Å². The molecular weight excluding hydrogens is 276 g/mol. The van der Waals surface area contributed by atoms with Crippen molar-refractivity contribution in [1.29, 1.82) is 0 Å². The third kappa shape index (κ3) is 2.33. The number of nitrogens with zero attached hydrogens (tertiary/aromatic N) is 2. The number of ether oxygens (including phenoxy) is 2. The Morgan fingerprint density at radius 1 is 1.55 bits per heavy atom. The van der Waals surface area contributed by atoms with Crippen LogP contribution in [-0.2, 0) is 9.47 Å². The molecule has 1 aliphatic rings. The van der Waals surface area contributed by atoms with Crippen molar-refractivity contribution in [2.24, 2.45) is 0 Å². The van der Waals surface area contributed by atoms with Crippen molar-refractivity contribution in [3.8, 4) is 0 Å². The molecule has 3 rings (SSSR count). The number of rotatable bonds is 3. The molecule has 2 aromatic heterocycles. The van der Waals surface area contributed by atoms with Crippen LogP contribution in [-0.4, -0.2) is 35.6 Å². The summed E-state index contributed by atoms with van der Waals surface area (Å²) in [5.41, 5.74) is 0.971. The number of carbonyl (C=O) groups excluding carboxylic acids is 1. The Labute approximate surface area is 121 Å². The van der Waals surface area contributed by atoms with E-state index in [9.17, 15) is 4.79 Å². The summed E-state index contributed by atoms with van der Waals surface area (Å²) in [6, 6.07) is 2.27. The maximum Gasteiger partial charge on any atom is 0.348 e. The minimum absolute atomic E-state index is 0.244. The van der Waals surface area contributed by atoms with Crippen molar-refractivity contribution in [2.45, 2.75) is 32.7 Å². The van der Waals surface area contributed by atoms with E-state index in [1.54, 1.807) is 0 Å². The molecule has 1 saturated heterocycles. The summed E-state index contributed by atoms with van der Waals surface area (Å²) in [6.45, 7) is 5.76. The van der Waals surface area contributed by atoms with Gasteiger partial charge in [-0.2, -0.15) is 5.10 Å². The molecule has 0 spiro atoms. The maximum atomic E-state index is 11.8. The van der Waals surface area contributed by atoms with Crippen LogP contribution in [0.4, 0.5) is 0 Å². The normalized spacial score (nSPS) is 16.7. The van der Waals surface area contributed by atoms with Gasteiger partial charge in [-0.3, -0.25) is 4.68 Å². The van der Waals surface area contributed by atoms with E-state index in [-0.39, 0.29) is 5.97 Å². The lowest BCUT2D eigenvalue weighted by atomic mass is 10.1. The van der Waals surface area contributed by atoms with Crippen molar-refractivity contribution in [2.75, 3.05) is 19.8 Å². The Morgan fingerprint density at radius 2 is 2.30 bits per heavy atom. The van der Waals surface area contributed by atoms with E-state index in [2.05, 4.69) is 9.78 Å². The Balaban J connectivity index is 1.98. The minimum Gasteiger partial charge on any atom is -0.462 e. The smallest absolute Gasteiger partial charge is 0.348 e. The number of carbonyl (C=O) groups is 1. The van der Waals surface area contributed by atoms with Gasteiger partial charge in [0.25, 0.3) is 0 Å². The number of thiophene rings is 1. The highest BCUT2D eigenvalue weighted by atomic mass is 32.1. The quantitative estimate of drug-likeness (QED) is 0.817. The van der Waals surface area contributed by atoms with Gasteiger partial charge in [0.05, 0.1) is 18.3 Å². The first-order chi connectivity index (χ1) is 9.70. The highest BCUT2D eigenvalue weighted by molar-refractivity contribution is 7.20. The molecule has 0 atom stereocenters. The number of aromatic nitrogens is 2. The molecule has 0 unspecified atom stereocenters. The average molecular weight is 294 g/mol. The first kappa shape index (κ1) is 13.6. The summed E-state index contributed by atoms with van der Waals surface area (Å²) in [7, 11) is 0. The SMILES string of the molecule is CCOC(=O)c1cc2c(C)nn(C3CCOCC3)c2s1. The second kappa shape index (κ2) is 5.54. The number of hydrogen-bond acceptors (Lipinski definition) is 5. The first-order valence-electron chi connectivity index (χ1n) is 6.94. The summed E-state index contributed by atoms with van der Waals surface area (Å²) in [4.78, 5) is 13.6. The summed E-state index contributed by atoms with van der Waals surface area (Å²) in [6.07, 6.45) is 1.95. The zero-order valence-electron chi connectivity index (χ0n) is 11.7. The van der Waals surface area contributed by atoms with Crippen LogP contribution in [0, 0.1) is 6.92 Å². The standard InChI is InChI=1S/C14H18N2O3S/c1-3-19-14(17)12-8-11-9(2)15-16(13(11)20-12)10-4-6-18-7-5-10/h8,10H,3-7H2,1-2H3. The number of fused-ring (bicyclic) bond motifs is 1. The van der Waals surface area contributed by atoms with Gasteiger partial charge in [-0.15, -0.1) is 11.3 Å². The monoisotopic (exact) mass is 294 g/mol. The number of esters is 1. The van der Waals surface area contributed by atoms with E-state index in [0.29, 0.717) is 17.5 Å². The van der Waals surface area contributed by atoms with E-state index < -0.39 is 0 Å². The summed E-state index contributed by atoms with van der Waals surface area (Å²) in [5, 5.41) is 5.70. The largest absolute Gasteiger partial charge is 0.462 e. The highest BCUT2D eigenvalue weighted by Gasteiger charge is 2.23. The topological polar surface area (TPSA) is 53.3 Å². The predicted octanol–water partition coefficient (Wildman–Crippen LogP) is 2.93. The highest BCUT2D eigenvalue weighted by Crippen LogP contribution is 2.33. The molecule has 2 aromatic rings. The third-order valence-electron chi connectivity index (χ3n) is 3.58. The summed E-state index contributed by atoms with van der Waals surface area (Å²) >= 11 is 1.47. The maximum absolute atomic E-state index is 11.8. The van der Waals surface area contributed by atoms with E-state index in [4.69, 9.17) is 9.47 Å². The van der Waals surface area contributed by atoms with Gasteiger partial charge in [0, 0.05) is 18.6 Å². The first-order valence-corrected chi connectivity index (χ1v) is 7.76. The third-order valence-corrected chi connectivity index (χ3v) is 4.69. The molecule has 0 bridgehead atoms. The zero-order chi connectivity index (χ0) is 14.1. The van der Waals surface area contributed by atoms with Gasteiger partial charge in [0.1, 0.15) is 9.71 Å². The van der Waals surface area contributed by atoms with E-state index in [1.807, 2.05) is 19.9 Å². The van der Waals surface area contributed by atoms with Gasteiger partial charge in [-0.1, -0.05) is 0 Å². The molecule has 1 fully saturated rings. The molecular formula is C14H18N2O3S. The molecule has 108 valence electrons. The van der Waals surface area contributed by atoms with Crippen molar-refractivity contribution in [3.05, 3.63) is 16.6 Å². The van der Waals surface area contributed by atoms with E-state index >= 15 is 0 Å². The van der Waals surface area contributed by atoms with Gasteiger partial charge < -0.3 is 9.47 Å². The second-order valence-corrected chi connectivity index (χ2v) is 5.95. The lowest BCUT2D eigenvalue weighted by Gasteiger charge is -2.22. The van der Waals surface area contributed by atoms with Gasteiger partial charge in [-0.25, -0.2) is 4.79 Å². The molecule has 1 aliphatic heterocycles. The summed E-state index contributed by atoms with van der Waals surface area (Å²) < 4.78 is 12.5. The lowest BCUT2D eigenvalue weighted by molar-refractivity contribution is 0.0532. The number of aryl methyl sites for hydroxylation is 1. The minimum atomic E-state index is -0.244. The Hall–Kier alpha value is -1.40. The van der Waals surface area contributed by atoms with Crippen LogP contribution < -0.4 is 0 Å². The van der Waals surface area contributed by atoms with Gasteiger partial charge >= 0.3 is 5.97 Å². The van der Waals surface area contributed by atoms with Crippen LogP contribution in [0.1, 0.15) is 41.2 Å². The van der Waals surface area contributed by atoms with Crippen LogP contribution in [0.3, 0.4) is 0 Å². The summed E-state index contributed by atoms with van der Waals surface area (Å²) in [5.74, 6) is -0.244. The van der Waals surface area contributed by atoms with E-state index in [0.717, 1.165) is 42.0 Å². The Bertz CT molecular complexity index is 626. The van der Waals surface area contributed by atoms with Crippen molar-refractivity contribution >= 4 is 27.5 Å². The average Bonchev–Trinajstić information content (AvgIpc) is 3.01. The van der Waals surface area contributed by atoms with Gasteiger partial charge in [0.15, 0.2) is 0 Å². The van der Waals surface area contributed by atoms with Crippen LogP contribution in [0.15, 0.2) is 6.07 Å². The van der Waals surface area contributed by atoms with E-state index in [1.165, 1.54) is 11.3 Å². The van der Waals surface area contributed by atoms with Crippen molar-refractivity contribution in [3.63, 3.8) is 0 Å². The Kier molecular flexibility index (Phi) is 3.76. The van der Waals surface area contributed by atoms with Crippen molar-refractivity contribution < 1.29 is 14.3 Å². The molecule has 0 aliphatic carbocycles. The molecule has 3 heterocycles. The lowest BCUT2D eigenvalue weighted by Crippen LogP contribution is -2.20. The molecule has 6 heteroatoms. The van der Waals surface area contributed by atoms with Crippen LogP contribution in [0.2, 0.25) is 0 Å². The van der Waals surface area contributed by atoms with Gasteiger partial charge in [-0.05, 0) is 32.8 Å². The molecule has 0 aromatic carbocycles.